The molecule has 0 bridgehead atoms. The predicted molar refractivity (Wildman–Crippen MR) is 69.5 cm³/mol. The second kappa shape index (κ2) is 6.61. The summed E-state index contributed by atoms with van der Waals surface area (Å²) < 4.78 is 0. The van der Waals surface area contributed by atoms with E-state index >= 15 is 0 Å². The lowest BCUT2D eigenvalue weighted by Crippen LogP contribution is -2.40. The predicted octanol–water partition coefficient (Wildman–Crippen LogP) is 2.81. The number of hydrogen-bond acceptors (Lipinski definition) is 2. The summed E-state index contributed by atoms with van der Waals surface area (Å²) in [6.07, 6.45) is 6.34. The Bertz CT molecular complexity index is 185. The van der Waals surface area contributed by atoms with Gasteiger partial charge in [-0.25, -0.2) is 0 Å². The van der Waals surface area contributed by atoms with Crippen LogP contribution in [0.15, 0.2) is 0 Å². The van der Waals surface area contributed by atoms with Gasteiger partial charge in [-0.3, -0.25) is 0 Å². The van der Waals surface area contributed by atoms with E-state index in [0.29, 0.717) is 6.61 Å². The van der Waals surface area contributed by atoms with Crippen LogP contribution in [0.2, 0.25) is 0 Å². The Morgan fingerprint density at radius 3 is 2.25 bits per heavy atom. The molecule has 1 rings (SSSR count). The molecule has 0 aromatic heterocycles. The average Bonchev–Trinajstić information content (AvgIpc) is 2.30. The normalized spacial score (nSPS) is 22.3. The summed E-state index contributed by atoms with van der Waals surface area (Å²) >= 11 is 0. The maximum absolute atomic E-state index is 9.58. The molecule has 0 heterocycles. The molecule has 1 atom stereocenters. The molecule has 96 valence electrons. The van der Waals surface area contributed by atoms with Crippen LogP contribution in [-0.4, -0.2) is 24.8 Å². The Labute approximate surface area is 101 Å². The van der Waals surface area contributed by atoms with Crippen molar-refractivity contribution in [1.29, 1.82) is 0 Å². The minimum absolute atomic E-state index is 0.189. The van der Waals surface area contributed by atoms with Crippen LogP contribution < -0.4 is 5.32 Å². The molecule has 1 aliphatic rings. The highest BCUT2D eigenvalue weighted by molar-refractivity contribution is 4.84. The lowest BCUT2D eigenvalue weighted by atomic mass is 9.74. The van der Waals surface area contributed by atoms with Crippen molar-refractivity contribution in [3.8, 4) is 0 Å². The molecule has 0 aromatic carbocycles. The number of hydrogen-bond donors (Lipinski definition) is 2. The Balaban J connectivity index is 2.28. The van der Waals surface area contributed by atoms with Crippen LogP contribution in [0.4, 0.5) is 0 Å². The molecule has 0 radical (unpaired) electrons. The molecule has 2 heteroatoms. The first-order valence-corrected chi connectivity index (χ1v) is 6.91. The van der Waals surface area contributed by atoms with Gasteiger partial charge in [0.1, 0.15) is 0 Å². The van der Waals surface area contributed by atoms with Crippen molar-refractivity contribution < 1.29 is 5.11 Å². The molecule has 16 heavy (non-hydrogen) atoms. The zero-order valence-electron chi connectivity index (χ0n) is 11.3. The standard InChI is InChI=1S/C14H29NO/c1-12(2)13(3)9-15-10-14(11-16)7-5-4-6-8-14/h12-13,15-16H,4-11H2,1-3H3. The van der Waals surface area contributed by atoms with Gasteiger partial charge in [0.05, 0.1) is 0 Å². The fraction of sp³-hybridized carbons (Fsp3) is 1.00. The summed E-state index contributed by atoms with van der Waals surface area (Å²) in [6.45, 7) is 9.28. The second-order valence-electron chi connectivity index (χ2n) is 6.07. The second-order valence-corrected chi connectivity index (χ2v) is 6.07. The molecule has 2 nitrogen and oxygen atoms in total. The Kier molecular flexibility index (Phi) is 5.77. The molecule has 1 unspecified atom stereocenters. The van der Waals surface area contributed by atoms with Crippen LogP contribution in [0.3, 0.4) is 0 Å². The van der Waals surface area contributed by atoms with Crippen molar-refractivity contribution in [2.45, 2.75) is 52.9 Å². The first kappa shape index (κ1) is 14.0. The van der Waals surface area contributed by atoms with E-state index in [4.69, 9.17) is 0 Å². The Morgan fingerprint density at radius 1 is 1.12 bits per heavy atom. The quantitative estimate of drug-likeness (QED) is 0.731. The molecule has 0 saturated heterocycles. The summed E-state index contributed by atoms with van der Waals surface area (Å²) in [7, 11) is 0. The summed E-state index contributed by atoms with van der Waals surface area (Å²) in [6, 6.07) is 0. The minimum Gasteiger partial charge on any atom is -0.396 e. The molecule has 1 aliphatic carbocycles. The molecule has 1 fully saturated rings. The summed E-state index contributed by atoms with van der Waals surface area (Å²) in [5, 5.41) is 13.1. The SMILES string of the molecule is CC(C)C(C)CNCC1(CO)CCCCC1. The van der Waals surface area contributed by atoms with Crippen molar-refractivity contribution in [3.63, 3.8) is 0 Å². The number of aliphatic hydroxyl groups is 1. The zero-order valence-corrected chi connectivity index (χ0v) is 11.3. The molecular formula is C14H29NO. The maximum atomic E-state index is 9.58. The summed E-state index contributed by atoms with van der Waals surface area (Å²) in [4.78, 5) is 0. The fourth-order valence-corrected chi connectivity index (χ4v) is 2.49. The van der Waals surface area contributed by atoms with Gasteiger partial charge in [-0.1, -0.05) is 40.0 Å². The van der Waals surface area contributed by atoms with Gasteiger partial charge in [-0.2, -0.15) is 0 Å². The van der Waals surface area contributed by atoms with Gasteiger partial charge in [-0.05, 0) is 31.2 Å². The van der Waals surface area contributed by atoms with Gasteiger partial charge in [0.15, 0.2) is 0 Å². The molecular weight excluding hydrogens is 198 g/mol. The topological polar surface area (TPSA) is 32.3 Å². The highest BCUT2D eigenvalue weighted by Gasteiger charge is 2.30. The summed E-state index contributed by atoms with van der Waals surface area (Å²) in [5.41, 5.74) is 0.189. The first-order valence-electron chi connectivity index (χ1n) is 6.91. The van der Waals surface area contributed by atoms with E-state index < -0.39 is 0 Å². The number of rotatable bonds is 6. The third-order valence-corrected chi connectivity index (χ3v) is 4.35. The smallest absolute Gasteiger partial charge is 0.0499 e. The largest absolute Gasteiger partial charge is 0.396 e. The Hall–Kier alpha value is -0.0800. The zero-order chi connectivity index (χ0) is 12.0. The lowest BCUT2D eigenvalue weighted by molar-refractivity contribution is 0.0800. The van der Waals surface area contributed by atoms with Crippen molar-refractivity contribution >= 4 is 0 Å². The van der Waals surface area contributed by atoms with E-state index in [1.807, 2.05) is 0 Å². The third-order valence-electron chi connectivity index (χ3n) is 4.35. The van der Waals surface area contributed by atoms with Crippen molar-refractivity contribution in [3.05, 3.63) is 0 Å². The average molecular weight is 227 g/mol. The molecule has 0 aromatic rings. The number of aliphatic hydroxyl groups excluding tert-OH is 1. The van der Waals surface area contributed by atoms with E-state index in [-0.39, 0.29) is 5.41 Å². The van der Waals surface area contributed by atoms with Crippen LogP contribution in [0.25, 0.3) is 0 Å². The first-order chi connectivity index (χ1) is 7.59. The van der Waals surface area contributed by atoms with E-state index in [2.05, 4.69) is 26.1 Å². The van der Waals surface area contributed by atoms with Crippen LogP contribution in [0.1, 0.15) is 52.9 Å². The van der Waals surface area contributed by atoms with Crippen LogP contribution in [-0.2, 0) is 0 Å². The van der Waals surface area contributed by atoms with E-state index in [1.54, 1.807) is 0 Å². The fourth-order valence-electron chi connectivity index (χ4n) is 2.49. The van der Waals surface area contributed by atoms with Crippen molar-refractivity contribution in [2.75, 3.05) is 19.7 Å². The van der Waals surface area contributed by atoms with Gasteiger partial charge < -0.3 is 10.4 Å². The van der Waals surface area contributed by atoms with Crippen LogP contribution in [0, 0.1) is 17.3 Å². The minimum atomic E-state index is 0.189. The third kappa shape index (κ3) is 4.06. The van der Waals surface area contributed by atoms with Crippen molar-refractivity contribution in [1.82, 2.24) is 5.32 Å². The van der Waals surface area contributed by atoms with E-state index in [0.717, 1.165) is 24.9 Å². The molecule has 0 spiro atoms. The van der Waals surface area contributed by atoms with Gasteiger partial charge in [0.25, 0.3) is 0 Å². The van der Waals surface area contributed by atoms with Crippen LogP contribution in [0.5, 0.6) is 0 Å². The molecule has 0 amide bonds. The number of nitrogens with one attached hydrogen (secondary N) is 1. The monoisotopic (exact) mass is 227 g/mol. The highest BCUT2D eigenvalue weighted by atomic mass is 16.3. The maximum Gasteiger partial charge on any atom is 0.0499 e. The molecule has 2 N–H and O–H groups in total. The van der Waals surface area contributed by atoms with E-state index in [9.17, 15) is 5.11 Å². The van der Waals surface area contributed by atoms with Crippen LogP contribution >= 0.6 is 0 Å². The highest BCUT2D eigenvalue weighted by Crippen LogP contribution is 2.35. The summed E-state index contributed by atoms with van der Waals surface area (Å²) in [5.74, 6) is 1.46. The van der Waals surface area contributed by atoms with Gasteiger partial charge in [0.2, 0.25) is 0 Å². The van der Waals surface area contributed by atoms with Crippen molar-refractivity contribution in [2.24, 2.45) is 17.3 Å². The van der Waals surface area contributed by atoms with Gasteiger partial charge >= 0.3 is 0 Å². The molecule has 0 aliphatic heterocycles. The lowest BCUT2D eigenvalue weighted by Gasteiger charge is -2.36. The van der Waals surface area contributed by atoms with E-state index in [1.165, 1.54) is 32.1 Å². The Morgan fingerprint density at radius 2 is 1.75 bits per heavy atom. The van der Waals surface area contributed by atoms with Gasteiger partial charge in [-0.15, -0.1) is 0 Å². The molecule has 1 saturated carbocycles. The van der Waals surface area contributed by atoms with Gasteiger partial charge in [0, 0.05) is 18.6 Å².